The highest BCUT2D eigenvalue weighted by molar-refractivity contribution is 6.51. The number of Topliss-reactive ketones (excluding diaryl/α,β-unsaturated/α-hetero) is 1. The number of methoxy groups -OCH3 is 1. The molecule has 0 heterocycles. The fraction of sp³-hybridized carbons (Fsp3) is 0.375. The molecule has 6 heteroatoms. The molecule has 2 aliphatic carbocycles. The van der Waals surface area contributed by atoms with Gasteiger partial charge >= 0.3 is 0 Å². The quantitative estimate of drug-likeness (QED) is 0.567. The van der Waals surface area contributed by atoms with Crippen molar-refractivity contribution in [1.29, 1.82) is 0 Å². The molecule has 0 saturated heterocycles. The Bertz CT molecular complexity index is 1030. The van der Waals surface area contributed by atoms with Crippen LogP contribution < -0.4 is 15.5 Å². The van der Waals surface area contributed by atoms with Gasteiger partial charge in [-0.1, -0.05) is 51.1 Å². The zero-order chi connectivity index (χ0) is 21.6. The molecule has 0 spiro atoms. The van der Waals surface area contributed by atoms with E-state index < -0.39 is 16.2 Å². The van der Waals surface area contributed by atoms with E-state index in [0.29, 0.717) is 23.6 Å². The van der Waals surface area contributed by atoms with Crippen molar-refractivity contribution < 1.29 is 14.3 Å². The van der Waals surface area contributed by atoms with Gasteiger partial charge in [0.25, 0.3) is 0 Å². The number of hydrogen-bond acceptors (Lipinski definition) is 5. The number of rotatable bonds is 5. The van der Waals surface area contributed by atoms with Gasteiger partial charge in [-0.3, -0.25) is 15.0 Å². The van der Waals surface area contributed by atoms with E-state index >= 15 is 0 Å². The summed E-state index contributed by atoms with van der Waals surface area (Å²) >= 11 is 0. The van der Waals surface area contributed by atoms with Crippen LogP contribution in [0.3, 0.4) is 0 Å². The van der Waals surface area contributed by atoms with Gasteiger partial charge in [-0.15, -0.1) is 0 Å². The number of amides is 1. The highest BCUT2D eigenvalue weighted by atomic mass is 16.5. The Morgan fingerprint density at radius 2 is 1.67 bits per heavy atom. The van der Waals surface area contributed by atoms with Crippen molar-refractivity contribution in [1.82, 2.24) is 0 Å². The third-order valence-electron chi connectivity index (χ3n) is 7.39. The second-order valence-electron chi connectivity index (χ2n) is 8.78. The van der Waals surface area contributed by atoms with E-state index in [0.717, 1.165) is 12.1 Å². The smallest absolute Gasteiger partial charge is 0.239 e. The number of ether oxygens (including phenoxy) is 1. The summed E-state index contributed by atoms with van der Waals surface area (Å²) < 4.78 is 5.36. The number of para-hydroxylation sites is 3. The van der Waals surface area contributed by atoms with E-state index in [1.165, 1.54) is 0 Å². The highest BCUT2D eigenvalue weighted by Crippen LogP contribution is 2.69. The Labute approximate surface area is 176 Å². The van der Waals surface area contributed by atoms with Gasteiger partial charge < -0.3 is 10.1 Å². The average Bonchev–Trinajstić information content (AvgIpc) is 3.02. The lowest BCUT2D eigenvalue weighted by Crippen LogP contribution is -2.47. The first-order valence-electron chi connectivity index (χ1n) is 10.2. The number of nitrogens with zero attached hydrogens (tertiary/aromatic N) is 1. The molecule has 4 rings (SSSR count). The topological polar surface area (TPSA) is 79.8 Å². The summed E-state index contributed by atoms with van der Waals surface area (Å²) in [7, 11) is 1.56. The fourth-order valence-electron chi connectivity index (χ4n) is 5.08. The molecule has 2 fully saturated rings. The second kappa shape index (κ2) is 6.97. The van der Waals surface area contributed by atoms with E-state index in [2.05, 4.69) is 15.8 Å². The van der Waals surface area contributed by atoms with Crippen molar-refractivity contribution in [2.75, 3.05) is 17.9 Å². The van der Waals surface area contributed by atoms with Crippen LogP contribution in [0.15, 0.2) is 59.7 Å². The van der Waals surface area contributed by atoms with E-state index in [1.54, 1.807) is 19.2 Å². The van der Waals surface area contributed by atoms with Gasteiger partial charge in [0, 0.05) is 5.41 Å². The van der Waals surface area contributed by atoms with Crippen LogP contribution in [-0.2, 0) is 9.59 Å². The minimum atomic E-state index is -1.17. The molecule has 2 N–H and O–H groups in total. The molecule has 0 aromatic heterocycles. The number of ketones is 1. The predicted molar refractivity (Wildman–Crippen MR) is 118 cm³/mol. The molecule has 2 bridgehead atoms. The minimum absolute atomic E-state index is 0.197. The number of anilines is 2. The Balaban J connectivity index is 1.70. The first-order valence-corrected chi connectivity index (χ1v) is 10.2. The summed E-state index contributed by atoms with van der Waals surface area (Å²) in [6.45, 7) is 6.05. The first kappa shape index (κ1) is 20.1. The Kier molecular flexibility index (Phi) is 4.68. The van der Waals surface area contributed by atoms with Gasteiger partial charge in [-0.05, 0) is 42.5 Å². The zero-order valence-corrected chi connectivity index (χ0v) is 17.8. The van der Waals surface area contributed by atoms with Crippen LogP contribution in [0.5, 0.6) is 5.75 Å². The number of carbonyl (C=O) groups excluding carboxylic acids is 2. The molecule has 6 nitrogen and oxygen atoms in total. The van der Waals surface area contributed by atoms with Crippen LogP contribution in [0.1, 0.15) is 33.6 Å². The van der Waals surface area contributed by atoms with E-state index in [-0.39, 0.29) is 11.7 Å². The van der Waals surface area contributed by atoms with Crippen molar-refractivity contribution in [3.05, 3.63) is 54.6 Å². The molecule has 2 atom stereocenters. The Morgan fingerprint density at radius 1 is 1.00 bits per heavy atom. The van der Waals surface area contributed by atoms with Crippen LogP contribution in [0.25, 0.3) is 0 Å². The monoisotopic (exact) mass is 405 g/mol. The normalized spacial score (nSPS) is 27.9. The Morgan fingerprint density at radius 3 is 2.37 bits per heavy atom. The summed E-state index contributed by atoms with van der Waals surface area (Å²) in [5.74, 6) is 0.0682. The lowest BCUT2D eigenvalue weighted by molar-refractivity contribution is -0.140. The SMILES string of the molecule is COc1ccccc1NC(=O)C12CCC(C)(C(=NNc3ccccc3)C1=O)C2(C)C. The van der Waals surface area contributed by atoms with Crippen molar-refractivity contribution >= 4 is 28.8 Å². The van der Waals surface area contributed by atoms with Crippen molar-refractivity contribution in [2.45, 2.75) is 33.6 Å². The fourth-order valence-corrected chi connectivity index (χ4v) is 5.08. The number of hydrogen-bond donors (Lipinski definition) is 2. The van der Waals surface area contributed by atoms with Crippen LogP contribution in [0, 0.1) is 16.2 Å². The molecule has 156 valence electrons. The van der Waals surface area contributed by atoms with Crippen LogP contribution in [0.2, 0.25) is 0 Å². The van der Waals surface area contributed by atoms with Gasteiger partial charge in [0.1, 0.15) is 16.9 Å². The Hall–Kier alpha value is -3.15. The van der Waals surface area contributed by atoms with Crippen molar-refractivity contribution in [2.24, 2.45) is 21.3 Å². The maximum absolute atomic E-state index is 13.7. The number of benzene rings is 2. The van der Waals surface area contributed by atoms with Crippen molar-refractivity contribution in [3.63, 3.8) is 0 Å². The molecule has 30 heavy (non-hydrogen) atoms. The molecule has 2 aliphatic rings. The maximum atomic E-state index is 13.7. The van der Waals surface area contributed by atoms with E-state index in [4.69, 9.17) is 4.74 Å². The van der Waals surface area contributed by atoms with Gasteiger partial charge in [-0.25, -0.2) is 0 Å². The number of hydrazone groups is 1. The van der Waals surface area contributed by atoms with Gasteiger partial charge in [-0.2, -0.15) is 5.10 Å². The molecular weight excluding hydrogens is 378 g/mol. The molecule has 1 amide bonds. The lowest BCUT2D eigenvalue weighted by atomic mass is 9.64. The van der Waals surface area contributed by atoms with Crippen LogP contribution in [-0.4, -0.2) is 24.5 Å². The molecular formula is C24H27N3O3. The number of carbonyl (C=O) groups is 2. The molecule has 2 unspecified atom stereocenters. The van der Waals surface area contributed by atoms with E-state index in [9.17, 15) is 9.59 Å². The minimum Gasteiger partial charge on any atom is -0.495 e. The molecule has 2 aromatic carbocycles. The van der Waals surface area contributed by atoms with E-state index in [1.807, 2.05) is 63.2 Å². The van der Waals surface area contributed by atoms with Crippen LogP contribution in [0.4, 0.5) is 11.4 Å². The first-order chi connectivity index (χ1) is 14.3. The molecule has 2 saturated carbocycles. The molecule has 0 radical (unpaired) electrons. The third kappa shape index (κ3) is 2.59. The zero-order valence-electron chi connectivity index (χ0n) is 17.8. The number of nitrogens with one attached hydrogen (secondary N) is 2. The van der Waals surface area contributed by atoms with Gasteiger partial charge in [0.15, 0.2) is 5.78 Å². The summed E-state index contributed by atoms with van der Waals surface area (Å²) in [6, 6.07) is 16.7. The van der Waals surface area contributed by atoms with Gasteiger partial charge in [0.05, 0.1) is 18.5 Å². The predicted octanol–water partition coefficient (Wildman–Crippen LogP) is 4.50. The van der Waals surface area contributed by atoms with Gasteiger partial charge in [0.2, 0.25) is 5.91 Å². The van der Waals surface area contributed by atoms with Crippen molar-refractivity contribution in [3.8, 4) is 5.75 Å². The highest BCUT2D eigenvalue weighted by Gasteiger charge is 2.76. The standard InChI is InChI=1S/C24H27N3O3/c1-22(2)23(3)14-15-24(22,21(29)25-17-12-8-9-13-18(17)30-4)20(28)19(23)27-26-16-10-6-5-7-11-16/h5-13,26H,14-15H2,1-4H3,(H,25,29). The largest absolute Gasteiger partial charge is 0.495 e. The maximum Gasteiger partial charge on any atom is 0.239 e. The lowest BCUT2D eigenvalue weighted by Gasteiger charge is -2.37. The molecule has 2 aromatic rings. The number of fused-ring (bicyclic) bond motifs is 2. The van der Waals surface area contributed by atoms with Crippen LogP contribution >= 0.6 is 0 Å². The summed E-state index contributed by atoms with van der Waals surface area (Å²) in [5.41, 5.74) is 2.56. The summed E-state index contributed by atoms with van der Waals surface area (Å²) in [5, 5.41) is 7.46. The summed E-state index contributed by atoms with van der Waals surface area (Å²) in [6.07, 6.45) is 1.22. The molecule has 0 aliphatic heterocycles. The summed E-state index contributed by atoms with van der Waals surface area (Å²) in [4.78, 5) is 27.2. The average molecular weight is 405 g/mol. The second-order valence-corrected chi connectivity index (χ2v) is 8.78. The third-order valence-corrected chi connectivity index (χ3v) is 7.39.